The fourth-order valence-corrected chi connectivity index (χ4v) is 4.25. The van der Waals surface area contributed by atoms with E-state index < -0.39 is 0 Å². The van der Waals surface area contributed by atoms with Crippen LogP contribution in [0.3, 0.4) is 0 Å². The van der Waals surface area contributed by atoms with E-state index in [4.69, 9.17) is 10.4 Å². The minimum atomic E-state index is -0.386. The van der Waals surface area contributed by atoms with Gasteiger partial charge in [-0.15, -0.1) is 0 Å². The molecule has 0 radical (unpaired) electrons. The number of hydrogen-bond donors (Lipinski definition) is 2. The fourth-order valence-electron chi connectivity index (χ4n) is 4.25. The van der Waals surface area contributed by atoms with Gasteiger partial charge in [0.15, 0.2) is 0 Å². The average Bonchev–Trinajstić information content (AvgIpc) is 2.88. The van der Waals surface area contributed by atoms with Crippen LogP contribution in [0.15, 0.2) is 89.9 Å². The Kier molecular flexibility index (Phi) is 5.97. The second-order valence-corrected chi connectivity index (χ2v) is 8.51. The molecule has 0 aliphatic rings. The van der Waals surface area contributed by atoms with Gasteiger partial charge in [-0.3, -0.25) is 19.4 Å². The summed E-state index contributed by atoms with van der Waals surface area (Å²) in [7, 11) is 0. The van der Waals surface area contributed by atoms with E-state index in [0.717, 1.165) is 16.7 Å². The molecule has 3 heterocycles. The fraction of sp³-hybridized carbons (Fsp3) is 0.143. The highest BCUT2D eigenvalue weighted by Gasteiger charge is 2.18. The lowest BCUT2D eigenvalue weighted by molar-refractivity contribution is 0.0951. The van der Waals surface area contributed by atoms with Crippen molar-refractivity contribution in [3.63, 3.8) is 0 Å². The number of aromatic nitrogens is 3. The third kappa shape index (κ3) is 4.36. The highest BCUT2D eigenvalue weighted by molar-refractivity contribution is 5.96. The van der Waals surface area contributed by atoms with Crippen LogP contribution in [-0.2, 0) is 13.0 Å². The van der Waals surface area contributed by atoms with E-state index >= 15 is 0 Å². The Labute approximate surface area is 201 Å². The third-order valence-corrected chi connectivity index (χ3v) is 6.10. The summed E-state index contributed by atoms with van der Waals surface area (Å²) < 4.78 is 3.13. The summed E-state index contributed by atoms with van der Waals surface area (Å²) in [5.74, 6) is -0.386. The first-order valence-electron chi connectivity index (χ1n) is 11.5. The molecule has 2 aromatic carbocycles. The standard InChI is InChI=1S/C28H25N5O2/c1-19-9-8-16-32-25(19)31-26-23(28(32)35)17-22(24(29)33(26)18-21-12-6-3-7-13-21)27(34)30-15-14-20-10-4-2-5-11-20/h2-13,16-17,29H,14-15,18H2,1H3,(H,30,34). The average molecular weight is 464 g/mol. The van der Waals surface area contributed by atoms with Crippen molar-refractivity contribution in [2.45, 2.75) is 19.9 Å². The van der Waals surface area contributed by atoms with Gasteiger partial charge in [0.25, 0.3) is 11.5 Å². The highest BCUT2D eigenvalue weighted by atomic mass is 16.1. The van der Waals surface area contributed by atoms with E-state index in [1.165, 1.54) is 10.5 Å². The Morgan fingerprint density at radius 2 is 1.63 bits per heavy atom. The van der Waals surface area contributed by atoms with Gasteiger partial charge < -0.3 is 9.88 Å². The van der Waals surface area contributed by atoms with E-state index in [-0.39, 0.29) is 22.5 Å². The van der Waals surface area contributed by atoms with Crippen molar-refractivity contribution < 1.29 is 4.79 Å². The number of hydrogen-bond acceptors (Lipinski definition) is 4. The maximum Gasteiger partial charge on any atom is 0.267 e. The molecule has 0 aliphatic heterocycles. The second-order valence-electron chi connectivity index (χ2n) is 8.51. The number of amides is 1. The Bertz CT molecular complexity index is 1650. The van der Waals surface area contributed by atoms with Gasteiger partial charge in [0.2, 0.25) is 0 Å². The maximum absolute atomic E-state index is 13.4. The first-order chi connectivity index (χ1) is 17.0. The first kappa shape index (κ1) is 22.3. The number of carbonyl (C=O) groups excluding carboxylic acids is 1. The Morgan fingerprint density at radius 3 is 2.34 bits per heavy atom. The normalized spacial score (nSPS) is 11.1. The molecular formula is C28H25N5O2. The van der Waals surface area contributed by atoms with E-state index in [2.05, 4.69) is 5.32 Å². The predicted molar refractivity (Wildman–Crippen MR) is 136 cm³/mol. The van der Waals surface area contributed by atoms with Crippen LogP contribution in [-0.4, -0.2) is 26.4 Å². The molecule has 1 amide bonds. The molecule has 7 nitrogen and oxygen atoms in total. The smallest absolute Gasteiger partial charge is 0.267 e. The van der Waals surface area contributed by atoms with Crippen LogP contribution in [0.5, 0.6) is 0 Å². The Hall–Kier alpha value is -4.52. The lowest BCUT2D eigenvalue weighted by Crippen LogP contribution is -2.36. The topological polar surface area (TPSA) is 92.3 Å². The monoisotopic (exact) mass is 463 g/mol. The number of benzene rings is 2. The number of fused-ring (bicyclic) bond motifs is 2. The lowest BCUT2D eigenvalue weighted by Gasteiger charge is -2.15. The summed E-state index contributed by atoms with van der Waals surface area (Å²) in [5.41, 5.74) is 3.73. The lowest BCUT2D eigenvalue weighted by atomic mass is 10.1. The summed E-state index contributed by atoms with van der Waals surface area (Å²) in [5, 5.41) is 12.1. The van der Waals surface area contributed by atoms with Gasteiger partial charge in [0, 0.05) is 12.7 Å². The third-order valence-electron chi connectivity index (χ3n) is 6.10. The minimum absolute atomic E-state index is 0.0170. The van der Waals surface area contributed by atoms with Crippen LogP contribution in [0, 0.1) is 12.3 Å². The van der Waals surface area contributed by atoms with Crippen LogP contribution in [0.4, 0.5) is 0 Å². The molecule has 5 aromatic rings. The van der Waals surface area contributed by atoms with Crippen LogP contribution >= 0.6 is 0 Å². The van der Waals surface area contributed by atoms with Crippen LogP contribution in [0.25, 0.3) is 16.7 Å². The number of rotatable bonds is 6. The molecule has 0 saturated carbocycles. The molecule has 0 bridgehead atoms. The molecular weight excluding hydrogens is 438 g/mol. The highest BCUT2D eigenvalue weighted by Crippen LogP contribution is 2.14. The first-order valence-corrected chi connectivity index (χ1v) is 11.5. The number of pyridine rings is 2. The van der Waals surface area contributed by atoms with Crippen LogP contribution < -0.4 is 16.4 Å². The van der Waals surface area contributed by atoms with Crippen molar-refractivity contribution in [2.75, 3.05) is 6.54 Å². The molecule has 0 fully saturated rings. The number of aryl methyl sites for hydroxylation is 1. The predicted octanol–water partition coefficient (Wildman–Crippen LogP) is 3.46. The zero-order valence-electron chi connectivity index (χ0n) is 19.4. The van der Waals surface area contributed by atoms with Crippen molar-refractivity contribution in [1.82, 2.24) is 19.3 Å². The van der Waals surface area contributed by atoms with E-state index in [1.807, 2.05) is 73.7 Å². The molecule has 174 valence electrons. The summed E-state index contributed by atoms with van der Waals surface area (Å²) in [6, 6.07) is 24.7. The van der Waals surface area contributed by atoms with Gasteiger partial charge >= 0.3 is 0 Å². The molecule has 0 atom stereocenters. The molecule has 0 spiro atoms. The second kappa shape index (κ2) is 9.38. The molecule has 0 unspecified atom stereocenters. The summed E-state index contributed by atoms with van der Waals surface area (Å²) in [4.78, 5) is 31.4. The number of nitrogens with one attached hydrogen (secondary N) is 2. The van der Waals surface area contributed by atoms with Gasteiger partial charge in [-0.25, -0.2) is 4.98 Å². The zero-order valence-corrected chi connectivity index (χ0v) is 19.4. The zero-order chi connectivity index (χ0) is 24.4. The van der Waals surface area contributed by atoms with Crippen molar-refractivity contribution in [2.24, 2.45) is 0 Å². The minimum Gasteiger partial charge on any atom is -0.352 e. The van der Waals surface area contributed by atoms with E-state index in [9.17, 15) is 9.59 Å². The van der Waals surface area contributed by atoms with Gasteiger partial charge in [0.05, 0.1) is 17.5 Å². The number of carbonyl (C=O) groups is 1. The Balaban J connectivity index is 1.62. The quantitative estimate of drug-likeness (QED) is 0.378. The van der Waals surface area contributed by atoms with Crippen molar-refractivity contribution in [1.29, 1.82) is 5.41 Å². The molecule has 0 aliphatic carbocycles. The number of nitrogens with zero attached hydrogens (tertiary/aromatic N) is 3. The molecule has 0 saturated heterocycles. The SMILES string of the molecule is Cc1cccn2c(=O)c3cc(C(=O)NCCc4ccccc4)c(=N)n(Cc4ccccc4)c3nc12. The van der Waals surface area contributed by atoms with Crippen molar-refractivity contribution in [3.8, 4) is 0 Å². The summed E-state index contributed by atoms with van der Waals surface area (Å²) >= 11 is 0. The Morgan fingerprint density at radius 1 is 0.943 bits per heavy atom. The van der Waals surface area contributed by atoms with Gasteiger partial charge in [-0.2, -0.15) is 0 Å². The van der Waals surface area contributed by atoms with Gasteiger partial charge in [-0.05, 0) is 42.2 Å². The molecule has 7 heteroatoms. The van der Waals surface area contributed by atoms with Gasteiger partial charge in [0.1, 0.15) is 16.8 Å². The van der Waals surface area contributed by atoms with Crippen molar-refractivity contribution >= 4 is 22.6 Å². The van der Waals surface area contributed by atoms with E-state index in [1.54, 1.807) is 16.8 Å². The molecule has 2 N–H and O–H groups in total. The van der Waals surface area contributed by atoms with Crippen molar-refractivity contribution in [3.05, 3.63) is 123 Å². The van der Waals surface area contributed by atoms with Crippen LogP contribution in [0.1, 0.15) is 27.0 Å². The van der Waals surface area contributed by atoms with E-state index in [0.29, 0.717) is 36.2 Å². The summed E-state index contributed by atoms with van der Waals surface area (Å²) in [6.45, 7) is 2.63. The molecule has 35 heavy (non-hydrogen) atoms. The molecule has 3 aromatic heterocycles. The largest absolute Gasteiger partial charge is 0.352 e. The van der Waals surface area contributed by atoms with Gasteiger partial charge in [-0.1, -0.05) is 66.7 Å². The summed E-state index contributed by atoms with van der Waals surface area (Å²) in [6.07, 6.45) is 2.35. The maximum atomic E-state index is 13.4. The van der Waals surface area contributed by atoms with Crippen LogP contribution in [0.2, 0.25) is 0 Å². The molecule has 5 rings (SSSR count).